The van der Waals surface area contributed by atoms with Gasteiger partial charge in [0.2, 0.25) is 0 Å². The first-order valence-corrected chi connectivity index (χ1v) is 17.0. The fourth-order valence-electron chi connectivity index (χ4n) is 5.83. The molecule has 0 aliphatic rings. The highest BCUT2D eigenvalue weighted by Gasteiger charge is 2.13. The molecule has 1 aromatic carbocycles. The van der Waals surface area contributed by atoms with Crippen molar-refractivity contribution in [3.8, 4) is 0 Å². The van der Waals surface area contributed by atoms with Crippen LogP contribution >= 0.6 is 0 Å². The minimum absolute atomic E-state index is 1.11. The third kappa shape index (κ3) is 12.3. The quantitative estimate of drug-likeness (QED) is 0.0914. The lowest BCUT2D eigenvalue weighted by Crippen LogP contribution is -2.32. The topological polar surface area (TPSA) is 7.76 Å². The summed E-state index contributed by atoms with van der Waals surface area (Å²) in [5.74, 6) is 0. The van der Waals surface area contributed by atoms with Gasteiger partial charge >= 0.3 is 0 Å². The van der Waals surface area contributed by atoms with Crippen LogP contribution in [0.2, 0.25) is 0 Å². The third-order valence-corrected chi connectivity index (χ3v) is 8.48. The number of unbranched alkanes of at least 4 members (excludes halogenated alkanes) is 14. The Bertz CT molecular complexity index is 1100. The molecular weight excluding hydrogens is 496 g/mol. The van der Waals surface area contributed by atoms with E-state index in [2.05, 4.69) is 109 Å². The van der Waals surface area contributed by atoms with Gasteiger partial charge in [0.1, 0.15) is 13.1 Å². The second kappa shape index (κ2) is 20.2. The first kappa shape index (κ1) is 32.8. The van der Waals surface area contributed by atoms with E-state index >= 15 is 0 Å². The Labute approximate surface area is 252 Å². The van der Waals surface area contributed by atoms with Crippen LogP contribution in [-0.2, 0) is 13.1 Å². The predicted octanol–water partition coefficient (Wildman–Crippen LogP) is 10.5. The van der Waals surface area contributed by atoms with Crippen molar-refractivity contribution in [2.45, 2.75) is 137 Å². The molecule has 222 valence electrons. The largest absolute Gasteiger partial charge is 0.205 e. The minimum atomic E-state index is 1.11. The minimum Gasteiger partial charge on any atom is -0.205 e. The molecule has 0 unspecified atom stereocenters. The smallest absolute Gasteiger partial charge is 0.169 e. The van der Waals surface area contributed by atoms with Crippen molar-refractivity contribution in [3.63, 3.8) is 0 Å². The molecule has 0 saturated carbocycles. The van der Waals surface area contributed by atoms with E-state index in [0.717, 1.165) is 13.1 Å². The van der Waals surface area contributed by atoms with Crippen LogP contribution in [-0.4, -0.2) is 0 Å². The fraction of sp³-hybridized carbons (Fsp3) is 0.538. The molecule has 3 aromatic rings. The molecule has 0 spiro atoms. The van der Waals surface area contributed by atoms with Gasteiger partial charge in [-0.25, -0.2) is 9.13 Å². The zero-order valence-electron chi connectivity index (χ0n) is 26.6. The molecule has 41 heavy (non-hydrogen) atoms. The molecule has 0 bridgehead atoms. The van der Waals surface area contributed by atoms with Gasteiger partial charge in [0.15, 0.2) is 24.8 Å². The third-order valence-electron chi connectivity index (χ3n) is 8.48. The lowest BCUT2D eigenvalue weighted by Gasteiger charge is -2.13. The summed E-state index contributed by atoms with van der Waals surface area (Å²) in [6.07, 6.45) is 30.9. The normalized spacial score (nSPS) is 12.0. The van der Waals surface area contributed by atoms with E-state index in [0.29, 0.717) is 0 Å². The molecule has 2 heteroatoms. The highest BCUT2D eigenvalue weighted by Crippen LogP contribution is 2.31. The lowest BCUT2D eigenvalue weighted by atomic mass is 9.91. The van der Waals surface area contributed by atoms with Crippen LogP contribution in [0.3, 0.4) is 0 Å². The number of aromatic nitrogens is 2. The maximum Gasteiger partial charge on any atom is 0.169 e. The summed E-state index contributed by atoms with van der Waals surface area (Å²) < 4.78 is 4.71. The van der Waals surface area contributed by atoms with Gasteiger partial charge in [-0.1, -0.05) is 121 Å². The summed E-state index contributed by atoms with van der Waals surface area (Å²) in [5, 5.41) is 0. The summed E-state index contributed by atoms with van der Waals surface area (Å²) in [4.78, 5) is 0. The van der Waals surface area contributed by atoms with Crippen molar-refractivity contribution < 1.29 is 9.13 Å². The second-order valence-electron chi connectivity index (χ2n) is 12.0. The summed E-state index contributed by atoms with van der Waals surface area (Å²) in [7, 11) is 0. The van der Waals surface area contributed by atoms with Crippen molar-refractivity contribution >= 4 is 11.1 Å². The molecule has 0 aliphatic carbocycles. The van der Waals surface area contributed by atoms with E-state index in [9.17, 15) is 0 Å². The maximum atomic E-state index is 2.36. The van der Waals surface area contributed by atoms with Crippen LogP contribution in [0.4, 0.5) is 0 Å². The van der Waals surface area contributed by atoms with E-state index in [-0.39, 0.29) is 0 Å². The van der Waals surface area contributed by atoms with Crippen molar-refractivity contribution in [2.24, 2.45) is 0 Å². The van der Waals surface area contributed by atoms with E-state index in [4.69, 9.17) is 0 Å². The first-order chi connectivity index (χ1) is 20.2. The van der Waals surface area contributed by atoms with Crippen LogP contribution < -0.4 is 9.13 Å². The summed E-state index contributed by atoms with van der Waals surface area (Å²) in [5.41, 5.74) is 6.52. The number of hydrogen-bond donors (Lipinski definition) is 0. The first-order valence-electron chi connectivity index (χ1n) is 17.0. The molecule has 2 aromatic heterocycles. The van der Waals surface area contributed by atoms with Gasteiger partial charge in [0.25, 0.3) is 0 Å². The SMILES string of the molecule is CCCCCCCCCC[n+]1ccc(/C(C)=C(/c2ccccc2)c2cc[n+](CCCCCCCCCC)cc2)cc1. The van der Waals surface area contributed by atoms with E-state index in [1.54, 1.807) is 0 Å². The van der Waals surface area contributed by atoms with Gasteiger partial charge in [-0.3, -0.25) is 0 Å². The van der Waals surface area contributed by atoms with Crippen LogP contribution in [0, 0.1) is 0 Å². The molecule has 2 heterocycles. The summed E-state index contributed by atoms with van der Waals surface area (Å²) >= 11 is 0. The number of allylic oxidation sites excluding steroid dienone is 1. The van der Waals surface area contributed by atoms with Crippen molar-refractivity contribution in [2.75, 3.05) is 0 Å². The average Bonchev–Trinajstić information content (AvgIpc) is 3.01. The van der Waals surface area contributed by atoms with Gasteiger partial charge < -0.3 is 0 Å². The molecule has 0 aliphatic heterocycles. The van der Waals surface area contributed by atoms with Crippen molar-refractivity contribution in [1.29, 1.82) is 0 Å². The maximum absolute atomic E-state index is 2.36. The number of hydrogen-bond acceptors (Lipinski definition) is 0. The van der Waals surface area contributed by atoms with Crippen LogP contribution in [0.5, 0.6) is 0 Å². The number of aryl methyl sites for hydroxylation is 2. The molecule has 0 atom stereocenters. The van der Waals surface area contributed by atoms with Gasteiger partial charge in [-0.2, -0.15) is 0 Å². The van der Waals surface area contributed by atoms with E-state index in [1.807, 2.05) is 0 Å². The van der Waals surface area contributed by atoms with Crippen LogP contribution in [0.1, 0.15) is 140 Å². The molecule has 2 nitrogen and oxygen atoms in total. The molecule has 0 radical (unpaired) electrons. The Morgan fingerprint density at radius 3 is 1.24 bits per heavy atom. The molecule has 3 rings (SSSR count). The summed E-state index contributed by atoms with van der Waals surface area (Å²) in [6, 6.07) is 20.1. The van der Waals surface area contributed by atoms with Crippen molar-refractivity contribution in [1.82, 2.24) is 0 Å². The van der Waals surface area contributed by atoms with Gasteiger partial charge in [0, 0.05) is 37.1 Å². The number of rotatable bonds is 21. The molecule has 0 N–H and O–H groups in total. The average molecular weight is 555 g/mol. The molecule has 0 fully saturated rings. The van der Waals surface area contributed by atoms with Crippen LogP contribution in [0.15, 0.2) is 79.4 Å². The highest BCUT2D eigenvalue weighted by atomic mass is 14.9. The fourth-order valence-corrected chi connectivity index (χ4v) is 5.83. The highest BCUT2D eigenvalue weighted by molar-refractivity contribution is 5.97. The number of benzene rings is 1. The zero-order chi connectivity index (χ0) is 29.0. The Hall–Kier alpha value is -2.74. The Kier molecular flexibility index (Phi) is 16.1. The summed E-state index contributed by atoms with van der Waals surface area (Å²) in [6.45, 7) is 9.08. The van der Waals surface area contributed by atoms with Gasteiger partial charge in [-0.15, -0.1) is 0 Å². The molecule has 0 saturated heterocycles. The zero-order valence-corrected chi connectivity index (χ0v) is 26.6. The standard InChI is InChI=1S/C39H58N2/c1-4-6-8-10-12-14-16-21-29-40-31-25-36(26-32-40)35(3)39(37-23-19-18-20-24-37)38-27-33-41(34-28-38)30-22-17-15-13-11-9-7-5-2/h18-20,23-28,31-34H,4-17,21-22,29-30H2,1-3H3/q+2/b39-35-. The Morgan fingerprint density at radius 1 is 0.439 bits per heavy atom. The predicted molar refractivity (Wildman–Crippen MR) is 177 cm³/mol. The monoisotopic (exact) mass is 554 g/mol. The van der Waals surface area contributed by atoms with Crippen molar-refractivity contribution in [3.05, 3.63) is 96.1 Å². The van der Waals surface area contributed by atoms with Gasteiger partial charge in [0.05, 0.1) is 0 Å². The van der Waals surface area contributed by atoms with E-state index < -0.39 is 0 Å². The van der Waals surface area contributed by atoms with Gasteiger partial charge in [-0.05, 0) is 47.6 Å². The second-order valence-corrected chi connectivity index (χ2v) is 12.0. The van der Waals surface area contributed by atoms with E-state index in [1.165, 1.54) is 131 Å². The number of nitrogens with zero attached hydrogens (tertiary/aromatic N) is 2. The number of pyridine rings is 2. The lowest BCUT2D eigenvalue weighted by molar-refractivity contribution is -0.697. The molecular formula is C39H58N2+2. The Balaban J connectivity index is 1.59. The van der Waals surface area contributed by atoms with Crippen LogP contribution in [0.25, 0.3) is 11.1 Å². The Morgan fingerprint density at radius 2 is 0.805 bits per heavy atom. The molecule has 0 amide bonds.